The van der Waals surface area contributed by atoms with Crippen LogP contribution < -0.4 is 10.6 Å². The van der Waals surface area contributed by atoms with Gasteiger partial charge in [0.15, 0.2) is 0 Å². The maximum absolute atomic E-state index is 13.0. The first kappa shape index (κ1) is 26.0. The Labute approximate surface area is 209 Å². The largest absolute Gasteiger partial charge is 0.392 e. The molecule has 3 fully saturated rings. The lowest BCUT2D eigenvalue weighted by atomic mass is 9.51. The molecule has 0 unspecified atom stereocenters. The number of carbonyl (C=O) groups is 2. The quantitative estimate of drug-likeness (QED) is 0.545. The number of amides is 2. The molecule has 3 N–H and O–H groups in total. The van der Waals surface area contributed by atoms with E-state index in [-0.39, 0.29) is 46.9 Å². The van der Waals surface area contributed by atoms with Crippen molar-refractivity contribution in [3.8, 4) is 0 Å². The van der Waals surface area contributed by atoms with Gasteiger partial charge in [0.1, 0.15) is 0 Å². The number of pyridine rings is 1. The maximum atomic E-state index is 13.0. The van der Waals surface area contributed by atoms with Crippen LogP contribution in [0.3, 0.4) is 0 Å². The number of ether oxygens (including phenoxy) is 1. The molecule has 8 heteroatoms. The van der Waals surface area contributed by atoms with Gasteiger partial charge in [0.25, 0.3) is 5.91 Å². The Bertz CT molecular complexity index is 862. The van der Waals surface area contributed by atoms with Gasteiger partial charge in [-0.05, 0) is 61.0 Å². The highest BCUT2D eigenvalue weighted by Gasteiger charge is 2.53. The summed E-state index contributed by atoms with van der Waals surface area (Å²) in [6.45, 7) is 11.1. The van der Waals surface area contributed by atoms with Gasteiger partial charge in [-0.3, -0.25) is 19.5 Å². The predicted molar refractivity (Wildman–Crippen MR) is 134 cm³/mol. The number of aliphatic hydroxyl groups excluding tert-OH is 1. The van der Waals surface area contributed by atoms with E-state index < -0.39 is 6.10 Å². The normalized spacial score (nSPS) is 34.5. The van der Waals surface area contributed by atoms with Gasteiger partial charge in [-0.1, -0.05) is 20.8 Å². The van der Waals surface area contributed by atoms with Gasteiger partial charge in [0.05, 0.1) is 19.3 Å². The van der Waals surface area contributed by atoms with Gasteiger partial charge < -0.3 is 20.5 Å². The van der Waals surface area contributed by atoms with Gasteiger partial charge in [0.2, 0.25) is 5.91 Å². The highest BCUT2D eigenvalue weighted by Crippen LogP contribution is 2.55. The number of aliphatic hydroxyl groups is 1. The van der Waals surface area contributed by atoms with Crippen molar-refractivity contribution in [2.75, 3.05) is 39.4 Å². The number of rotatable bonds is 7. The second-order valence-corrected chi connectivity index (χ2v) is 11.1. The fourth-order valence-corrected chi connectivity index (χ4v) is 6.77. The molecule has 0 spiro atoms. The third-order valence-electron chi connectivity index (χ3n) is 9.03. The molecule has 1 aliphatic heterocycles. The molecule has 1 aromatic rings. The van der Waals surface area contributed by atoms with Crippen molar-refractivity contribution in [1.82, 2.24) is 20.5 Å². The molecule has 4 rings (SSSR count). The van der Waals surface area contributed by atoms with Crippen LogP contribution in [0.5, 0.6) is 0 Å². The van der Waals surface area contributed by atoms with Crippen molar-refractivity contribution in [2.45, 2.75) is 58.6 Å². The minimum Gasteiger partial charge on any atom is -0.392 e. The highest BCUT2D eigenvalue weighted by atomic mass is 16.5. The van der Waals surface area contributed by atoms with E-state index in [2.05, 4.69) is 34.4 Å². The van der Waals surface area contributed by atoms with Crippen molar-refractivity contribution < 1.29 is 19.4 Å². The van der Waals surface area contributed by atoms with Gasteiger partial charge in [0, 0.05) is 56.1 Å². The van der Waals surface area contributed by atoms with Crippen molar-refractivity contribution in [2.24, 2.45) is 29.1 Å². The van der Waals surface area contributed by atoms with Crippen molar-refractivity contribution in [1.29, 1.82) is 0 Å². The van der Waals surface area contributed by atoms with E-state index in [9.17, 15) is 14.7 Å². The van der Waals surface area contributed by atoms with E-state index >= 15 is 0 Å². The zero-order valence-electron chi connectivity index (χ0n) is 21.4. The Hall–Kier alpha value is -2.03. The lowest BCUT2D eigenvalue weighted by Gasteiger charge is -2.56. The van der Waals surface area contributed by atoms with Gasteiger partial charge >= 0.3 is 0 Å². The summed E-state index contributed by atoms with van der Waals surface area (Å²) in [5.74, 6) is -0.235. The van der Waals surface area contributed by atoms with Crippen molar-refractivity contribution in [3.63, 3.8) is 0 Å². The molecule has 7 atom stereocenters. The van der Waals surface area contributed by atoms with Gasteiger partial charge in [-0.15, -0.1) is 0 Å². The first-order valence-electron chi connectivity index (χ1n) is 13.3. The molecule has 0 bridgehead atoms. The lowest BCUT2D eigenvalue weighted by molar-refractivity contribution is -0.142. The Morgan fingerprint density at radius 3 is 2.63 bits per heavy atom. The number of nitrogens with zero attached hydrogens (tertiary/aromatic N) is 2. The van der Waals surface area contributed by atoms with E-state index in [1.807, 2.05) is 6.92 Å². The SMILES string of the molecule is C[C@@H]1[C@@H]2[C@@H](O)[C@H]([C@H](C)C(=O)NCCN3CCOCC3)CC[C@]2(C)CC[C@@H]1NC(=O)c1ccncc1. The summed E-state index contributed by atoms with van der Waals surface area (Å²) in [5.41, 5.74) is 0.629. The predicted octanol–water partition coefficient (Wildman–Crippen LogP) is 2.09. The number of fused-ring (bicyclic) bond motifs is 1. The van der Waals surface area contributed by atoms with E-state index in [0.29, 0.717) is 12.1 Å². The standard InChI is InChI=1S/C27H42N4O4/c1-18(25(33)29-12-13-31-14-16-35-17-15-31)21-4-8-27(3)9-5-22(19(2)23(27)24(21)32)30-26(34)20-6-10-28-11-7-20/h6-7,10-11,18-19,21-24,32H,4-5,8-9,12-17H2,1-3H3,(H,29,33)(H,30,34)/t18-,19-,21-,22-,23+,24-,27+/m0/s1. The summed E-state index contributed by atoms with van der Waals surface area (Å²) in [7, 11) is 0. The van der Waals surface area contributed by atoms with Crippen molar-refractivity contribution >= 4 is 11.8 Å². The van der Waals surface area contributed by atoms with E-state index in [1.54, 1.807) is 24.5 Å². The monoisotopic (exact) mass is 486 g/mol. The first-order chi connectivity index (χ1) is 16.8. The molecule has 3 aliphatic rings. The van der Waals surface area contributed by atoms with Crippen LogP contribution >= 0.6 is 0 Å². The Balaban J connectivity index is 1.36. The minimum atomic E-state index is -0.565. The second kappa shape index (κ2) is 11.4. The summed E-state index contributed by atoms with van der Waals surface area (Å²) in [6.07, 6.45) is 6.41. The lowest BCUT2D eigenvalue weighted by Crippen LogP contribution is -2.58. The molecular weight excluding hydrogens is 444 g/mol. The summed E-state index contributed by atoms with van der Waals surface area (Å²) in [5, 5.41) is 17.9. The number of carbonyl (C=O) groups excluding carboxylic acids is 2. The van der Waals surface area contributed by atoms with Crippen LogP contribution in [0.4, 0.5) is 0 Å². The highest BCUT2D eigenvalue weighted by molar-refractivity contribution is 5.94. The Morgan fingerprint density at radius 1 is 1.23 bits per heavy atom. The smallest absolute Gasteiger partial charge is 0.251 e. The molecule has 8 nitrogen and oxygen atoms in total. The molecule has 2 heterocycles. The van der Waals surface area contributed by atoms with Gasteiger partial charge in [-0.2, -0.15) is 0 Å². The van der Waals surface area contributed by atoms with Crippen LogP contribution in [0.2, 0.25) is 0 Å². The maximum Gasteiger partial charge on any atom is 0.251 e. The van der Waals surface area contributed by atoms with Crippen LogP contribution in [-0.2, 0) is 9.53 Å². The zero-order valence-corrected chi connectivity index (χ0v) is 21.4. The number of nitrogens with one attached hydrogen (secondary N) is 2. The van der Waals surface area contributed by atoms with Crippen molar-refractivity contribution in [3.05, 3.63) is 30.1 Å². The summed E-state index contributed by atoms with van der Waals surface area (Å²) in [4.78, 5) is 32.1. The number of hydrogen-bond donors (Lipinski definition) is 3. The minimum absolute atomic E-state index is 0.000189. The molecule has 2 saturated carbocycles. The van der Waals surface area contributed by atoms with Crippen LogP contribution in [0.1, 0.15) is 56.8 Å². The topological polar surface area (TPSA) is 104 Å². The first-order valence-corrected chi connectivity index (χ1v) is 13.3. The Morgan fingerprint density at radius 2 is 1.91 bits per heavy atom. The number of hydrogen-bond acceptors (Lipinski definition) is 6. The molecule has 194 valence electrons. The summed E-state index contributed by atoms with van der Waals surface area (Å²) < 4.78 is 5.39. The van der Waals surface area contributed by atoms with Gasteiger partial charge in [-0.25, -0.2) is 0 Å². The van der Waals surface area contributed by atoms with Crippen LogP contribution in [-0.4, -0.2) is 78.3 Å². The van der Waals surface area contributed by atoms with E-state index in [1.165, 1.54) is 0 Å². The third kappa shape index (κ3) is 5.87. The molecule has 0 aromatic carbocycles. The van der Waals surface area contributed by atoms with E-state index in [0.717, 1.165) is 58.5 Å². The number of aromatic nitrogens is 1. The third-order valence-corrected chi connectivity index (χ3v) is 9.03. The van der Waals surface area contributed by atoms with Crippen LogP contribution in [0.25, 0.3) is 0 Å². The molecule has 35 heavy (non-hydrogen) atoms. The van der Waals surface area contributed by atoms with Crippen LogP contribution in [0, 0.1) is 29.1 Å². The summed E-state index contributed by atoms with van der Waals surface area (Å²) in [6, 6.07) is 3.44. The fraction of sp³-hybridized carbons (Fsp3) is 0.741. The molecule has 0 radical (unpaired) electrons. The molecular formula is C27H42N4O4. The molecule has 1 aromatic heterocycles. The fourth-order valence-electron chi connectivity index (χ4n) is 6.77. The zero-order chi connectivity index (χ0) is 25.0. The average Bonchev–Trinajstić information content (AvgIpc) is 2.86. The average molecular weight is 487 g/mol. The molecule has 2 aliphatic carbocycles. The van der Waals surface area contributed by atoms with Crippen LogP contribution in [0.15, 0.2) is 24.5 Å². The molecule has 1 saturated heterocycles. The molecule has 2 amide bonds. The van der Waals surface area contributed by atoms with E-state index in [4.69, 9.17) is 4.74 Å². The number of morpholine rings is 1. The summed E-state index contributed by atoms with van der Waals surface area (Å²) >= 11 is 0. The Kier molecular flexibility index (Phi) is 8.45. The second-order valence-electron chi connectivity index (χ2n) is 11.1.